The molecule has 1 atom stereocenters. The smallest absolute Gasteiger partial charge is 0.119 e. The van der Waals surface area contributed by atoms with Gasteiger partial charge in [-0.3, -0.25) is 0 Å². The minimum Gasteiger partial charge on any atom is -0.489 e. The lowest BCUT2D eigenvalue weighted by Gasteiger charge is -2.12. The standard InChI is InChI=1S/C14H21NO/c1-2-3-4-12-5-7-13(8-6-12)16-14-9-10-15-11-14/h5-8,14-15H,2-4,9-11H2,1H3/t14-/m1/s1. The molecule has 16 heavy (non-hydrogen) atoms. The molecule has 0 aromatic heterocycles. The van der Waals surface area contributed by atoms with Crippen molar-refractivity contribution in [1.29, 1.82) is 0 Å². The third-order valence-electron chi connectivity index (χ3n) is 3.06. The van der Waals surface area contributed by atoms with E-state index in [-0.39, 0.29) is 0 Å². The summed E-state index contributed by atoms with van der Waals surface area (Å²) in [4.78, 5) is 0. The Labute approximate surface area is 98.0 Å². The van der Waals surface area contributed by atoms with Crippen LogP contribution in [-0.2, 0) is 6.42 Å². The molecule has 1 saturated heterocycles. The van der Waals surface area contributed by atoms with Crippen molar-refractivity contribution in [3.63, 3.8) is 0 Å². The summed E-state index contributed by atoms with van der Waals surface area (Å²) in [6.07, 6.45) is 5.19. The molecule has 1 fully saturated rings. The first kappa shape index (κ1) is 11.5. The topological polar surface area (TPSA) is 21.3 Å². The first-order valence-electron chi connectivity index (χ1n) is 6.35. The van der Waals surface area contributed by atoms with Crippen LogP contribution in [0.15, 0.2) is 24.3 Å². The van der Waals surface area contributed by atoms with E-state index in [0.717, 1.165) is 25.3 Å². The van der Waals surface area contributed by atoms with E-state index in [4.69, 9.17) is 4.74 Å². The minimum atomic E-state index is 0.362. The summed E-state index contributed by atoms with van der Waals surface area (Å²) in [6, 6.07) is 8.58. The van der Waals surface area contributed by atoms with Crippen molar-refractivity contribution in [3.8, 4) is 5.75 Å². The van der Waals surface area contributed by atoms with E-state index in [1.54, 1.807) is 0 Å². The van der Waals surface area contributed by atoms with Gasteiger partial charge in [0.2, 0.25) is 0 Å². The first-order valence-corrected chi connectivity index (χ1v) is 6.35. The lowest BCUT2D eigenvalue weighted by molar-refractivity contribution is 0.223. The molecular weight excluding hydrogens is 198 g/mol. The molecule has 0 bridgehead atoms. The van der Waals surface area contributed by atoms with E-state index in [9.17, 15) is 0 Å². The van der Waals surface area contributed by atoms with Gasteiger partial charge in [-0.2, -0.15) is 0 Å². The molecule has 1 aliphatic heterocycles. The van der Waals surface area contributed by atoms with Crippen LogP contribution in [0.5, 0.6) is 5.75 Å². The number of hydrogen-bond acceptors (Lipinski definition) is 2. The van der Waals surface area contributed by atoms with Gasteiger partial charge in [-0.25, -0.2) is 0 Å². The Kier molecular flexibility index (Phi) is 4.23. The number of benzene rings is 1. The van der Waals surface area contributed by atoms with E-state index in [2.05, 4.69) is 36.5 Å². The molecule has 1 aliphatic rings. The number of ether oxygens (including phenoxy) is 1. The molecule has 2 nitrogen and oxygen atoms in total. The van der Waals surface area contributed by atoms with Gasteiger partial charge in [-0.1, -0.05) is 25.5 Å². The van der Waals surface area contributed by atoms with Crippen LogP contribution < -0.4 is 10.1 Å². The lowest BCUT2D eigenvalue weighted by atomic mass is 10.1. The fraction of sp³-hybridized carbons (Fsp3) is 0.571. The van der Waals surface area contributed by atoms with Crippen molar-refractivity contribution in [3.05, 3.63) is 29.8 Å². The van der Waals surface area contributed by atoms with Crippen molar-refractivity contribution >= 4 is 0 Å². The fourth-order valence-electron chi connectivity index (χ4n) is 2.04. The Morgan fingerprint density at radius 3 is 2.75 bits per heavy atom. The highest BCUT2D eigenvalue weighted by molar-refractivity contribution is 5.27. The summed E-state index contributed by atoms with van der Waals surface area (Å²) >= 11 is 0. The predicted octanol–water partition coefficient (Wildman–Crippen LogP) is 2.77. The van der Waals surface area contributed by atoms with Crippen molar-refractivity contribution in [2.45, 2.75) is 38.7 Å². The zero-order valence-corrected chi connectivity index (χ0v) is 10.0. The fourth-order valence-corrected chi connectivity index (χ4v) is 2.04. The normalized spacial score (nSPS) is 19.9. The molecule has 0 unspecified atom stereocenters. The number of nitrogens with one attached hydrogen (secondary N) is 1. The van der Waals surface area contributed by atoms with Crippen LogP contribution in [0.3, 0.4) is 0 Å². The second kappa shape index (κ2) is 5.90. The van der Waals surface area contributed by atoms with E-state index in [1.807, 2.05) is 0 Å². The monoisotopic (exact) mass is 219 g/mol. The molecule has 0 saturated carbocycles. The number of hydrogen-bond donors (Lipinski definition) is 1. The highest BCUT2D eigenvalue weighted by atomic mass is 16.5. The van der Waals surface area contributed by atoms with Crippen LogP contribution in [0.2, 0.25) is 0 Å². The molecule has 1 heterocycles. The molecule has 0 spiro atoms. The molecule has 0 aliphatic carbocycles. The zero-order chi connectivity index (χ0) is 11.2. The maximum absolute atomic E-state index is 5.87. The molecule has 2 heteroatoms. The van der Waals surface area contributed by atoms with Gasteiger partial charge in [0, 0.05) is 6.54 Å². The molecule has 88 valence electrons. The first-order chi connectivity index (χ1) is 7.88. The second-order valence-corrected chi connectivity index (χ2v) is 4.48. The van der Waals surface area contributed by atoms with Crippen LogP contribution in [0.1, 0.15) is 31.7 Å². The average Bonchev–Trinajstić information content (AvgIpc) is 2.81. The van der Waals surface area contributed by atoms with Crippen LogP contribution >= 0.6 is 0 Å². The van der Waals surface area contributed by atoms with Gasteiger partial charge in [0.25, 0.3) is 0 Å². The Morgan fingerprint density at radius 1 is 1.31 bits per heavy atom. The van der Waals surface area contributed by atoms with Crippen molar-refractivity contribution in [1.82, 2.24) is 5.32 Å². The summed E-state index contributed by atoms with van der Waals surface area (Å²) < 4.78 is 5.87. The Bertz CT molecular complexity index is 301. The number of unbranched alkanes of at least 4 members (excludes halogenated alkanes) is 1. The highest BCUT2D eigenvalue weighted by Gasteiger charge is 2.15. The minimum absolute atomic E-state index is 0.362. The Balaban J connectivity index is 1.86. The quantitative estimate of drug-likeness (QED) is 0.822. The average molecular weight is 219 g/mol. The van der Waals surface area contributed by atoms with Gasteiger partial charge in [0.1, 0.15) is 11.9 Å². The van der Waals surface area contributed by atoms with E-state index >= 15 is 0 Å². The maximum atomic E-state index is 5.87. The third kappa shape index (κ3) is 3.24. The van der Waals surface area contributed by atoms with Crippen LogP contribution in [0.4, 0.5) is 0 Å². The maximum Gasteiger partial charge on any atom is 0.119 e. The van der Waals surface area contributed by atoms with Crippen LogP contribution in [0, 0.1) is 0 Å². The molecule has 0 amide bonds. The van der Waals surface area contributed by atoms with Gasteiger partial charge in [0.15, 0.2) is 0 Å². The van der Waals surface area contributed by atoms with Gasteiger partial charge in [-0.05, 0) is 43.5 Å². The molecule has 1 aromatic carbocycles. The molecule has 1 N–H and O–H groups in total. The molecule has 1 aromatic rings. The van der Waals surface area contributed by atoms with Crippen molar-refractivity contribution < 1.29 is 4.74 Å². The largest absolute Gasteiger partial charge is 0.489 e. The number of aryl methyl sites for hydroxylation is 1. The van der Waals surface area contributed by atoms with E-state index in [0.29, 0.717) is 6.10 Å². The van der Waals surface area contributed by atoms with Crippen LogP contribution in [0.25, 0.3) is 0 Å². The van der Waals surface area contributed by atoms with Gasteiger partial charge >= 0.3 is 0 Å². The lowest BCUT2D eigenvalue weighted by Crippen LogP contribution is -2.19. The highest BCUT2D eigenvalue weighted by Crippen LogP contribution is 2.17. The predicted molar refractivity (Wildman–Crippen MR) is 67.0 cm³/mol. The molecular formula is C14H21NO. The molecule has 0 radical (unpaired) electrons. The zero-order valence-electron chi connectivity index (χ0n) is 10.0. The second-order valence-electron chi connectivity index (χ2n) is 4.48. The summed E-state index contributed by atoms with van der Waals surface area (Å²) in [7, 11) is 0. The van der Waals surface area contributed by atoms with Gasteiger partial charge < -0.3 is 10.1 Å². The van der Waals surface area contributed by atoms with Crippen molar-refractivity contribution in [2.75, 3.05) is 13.1 Å². The summed E-state index contributed by atoms with van der Waals surface area (Å²) in [6.45, 7) is 4.29. The Hall–Kier alpha value is -1.02. The van der Waals surface area contributed by atoms with E-state index in [1.165, 1.54) is 24.8 Å². The molecule has 2 rings (SSSR count). The van der Waals surface area contributed by atoms with Crippen molar-refractivity contribution in [2.24, 2.45) is 0 Å². The summed E-state index contributed by atoms with van der Waals surface area (Å²) in [5, 5.41) is 3.31. The van der Waals surface area contributed by atoms with Crippen LogP contribution in [-0.4, -0.2) is 19.2 Å². The van der Waals surface area contributed by atoms with Gasteiger partial charge in [-0.15, -0.1) is 0 Å². The summed E-state index contributed by atoms with van der Waals surface area (Å²) in [5.74, 6) is 1.01. The Morgan fingerprint density at radius 2 is 2.12 bits per heavy atom. The SMILES string of the molecule is CCCCc1ccc(O[C@@H]2CCNC2)cc1. The number of rotatable bonds is 5. The summed E-state index contributed by atoms with van der Waals surface area (Å²) in [5.41, 5.74) is 1.42. The van der Waals surface area contributed by atoms with E-state index < -0.39 is 0 Å². The third-order valence-corrected chi connectivity index (χ3v) is 3.06. The van der Waals surface area contributed by atoms with Gasteiger partial charge in [0.05, 0.1) is 0 Å².